The predicted molar refractivity (Wildman–Crippen MR) is 72.9 cm³/mol. The number of carbonyl (C=O) groups is 1. The van der Waals surface area contributed by atoms with Gasteiger partial charge in [-0.15, -0.1) is 0 Å². The summed E-state index contributed by atoms with van der Waals surface area (Å²) in [6.07, 6.45) is 0. The molecule has 0 fully saturated rings. The van der Waals surface area contributed by atoms with E-state index in [0.29, 0.717) is 12.6 Å². The molecule has 2 rings (SSSR count). The highest BCUT2D eigenvalue weighted by atomic mass is 16.5. The maximum absolute atomic E-state index is 10.8. The molecule has 0 N–H and O–H groups in total. The number of nitrogens with zero attached hydrogens (tertiary/aromatic N) is 1. The van der Waals surface area contributed by atoms with Gasteiger partial charge in [0.1, 0.15) is 6.61 Å². The second-order valence-corrected chi connectivity index (χ2v) is 5.45. The molecule has 0 saturated carbocycles. The van der Waals surface area contributed by atoms with Crippen molar-refractivity contribution in [3.8, 4) is 0 Å². The second kappa shape index (κ2) is 4.63. The van der Waals surface area contributed by atoms with Gasteiger partial charge in [-0.2, -0.15) is 0 Å². The molecule has 18 heavy (non-hydrogen) atoms. The number of para-hydroxylation sites is 1. The molecule has 1 unspecified atom stereocenters. The maximum atomic E-state index is 10.8. The van der Waals surface area contributed by atoms with Crippen LogP contribution in [0.3, 0.4) is 0 Å². The maximum Gasteiger partial charge on any atom is 0.302 e. The molecule has 0 aromatic heterocycles. The van der Waals surface area contributed by atoms with Crippen LogP contribution in [0.25, 0.3) is 0 Å². The van der Waals surface area contributed by atoms with Gasteiger partial charge in [0.05, 0.1) is 6.54 Å². The molecule has 0 saturated heterocycles. The van der Waals surface area contributed by atoms with E-state index < -0.39 is 0 Å². The van der Waals surface area contributed by atoms with Crippen LogP contribution in [0, 0.1) is 0 Å². The van der Waals surface area contributed by atoms with E-state index in [4.69, 9.17) is 4.74 Å². The molecule has 0 bridgehead atoms. The van der Waals surface area contributed by atoms with Gasteiger partial charge < -0.3 is 9.64 Å². The molecule has 1 aromatic rings. The summed E-state index contributed by atoms with van der Waals surface area (Å²) in [4.78, 5) is 13.2. The molecule has 1 aliphatic rings. The number of carbonyl (C=O) groups excluding carboxylic acids is 1. The van der Waals surface area contributed by atoms with Gasteiger partial charge in [0.25, 0.3) is 0 Å². The minimum absolute atomic E-state index is 0.132. The molecule has 0 aliphatic carbocycles. The molecular weight excluding hydrogens is 226 g/mol. The van der Waals surface area contributed by atoms with Crippen LogP contribution in [0.4, 0.5) is 5.69 Å². The predicted octanol–water partition coefficient (Wildman–Crippen LogP) is 2.74. The van der Waals surface area contributed by atoms with Crippen molar-refractivity contribution in [1.29, 1.82) is 0 Å². The first-order valence-electron chi connectivity index (χ1n) is 6.44. The summed E-state index contributed by atoms with van der Waals surface area (Å²) in [6.45, 7) is 9.41. The number of hydrogen-bond acceptors (Lipinski definition) is 3. The first-order chi connectivity index (χ1) is 8.44. The Morgan fingerprint density at radius 1 is 1.39 bits per heavy atom. The average Bonchev–Trinajstić information content (AvgIpc) is 2.51. The van der Waals surface area contributed by atoms with Crippen LogP contribution in [0.1, 0.15) is 33.3 Å². The highest BCUT2D eigenvalue weighted by Gasteiger charge is 2.41. The molecule has 1 aliphatic heterocycles. The lowest BCUT2D eigenvalue weighted by atomic mass is 9.81. The first kappa shape index (κ1) is 12.9. The topological polar surface area (TPSA) is 29.5 Å². The highest BCUT2D eigenvalue weighted by molar-refractivity contribution is 5.66. The molecule has 3 heteroatoms. The van der Waals surface area contributed by atoms with Gasteiger partial charge in [-0.3, -0.25) is 4.79 Å². The van der Waals surface area contributed by atoms with Crippen LogP contribution < -0.4 is 4.90 Å². The normalized spacial score (nSPS) is 20.7. The average molecular weight is 247 g/mol. The fraction of sp³-hybridized carbons (Fsp3) is 0.533. The molecule has 98 valence electrons. The molecular formula is C15H21NO2. The molecule has 1 atom stereocenters. The van der Waals surface area contributed by atoms with E-state index in [-0.39, 0.29) is 11.4 Å². The van der Waals surface area contributed by atoms with Crippen molar-refractivity contribution in [3.63, 3.8) is 0 Å². The van der Waals surface area contributed by atoms with Crippen LogP contribution >= 0.6 is 0 Å². The zero-order valence-electron chi connectivity index (χ0n) is 11.6. The van der Waals surface area contributed by atoms with Crippen molar-refractivity contribution in [1.82, 2.24) is 0 Å². The van der Waals surface area contributed by atoms with E-state index in [9.17, 15) is 4.79 Å². The van der Waals surface area contributed by atoms with Gasteiger partial charge in [-0.05, 0) is 18.6 Å². The lowest BCUT2D eigenvalue weighted by molar-refractivity contribution is -0.140. The Morgan fingerprint density at radius 2 is 2.06 bits per heavy atom. The van der Waals surface area contributed by atoms with Gasteiger partial charge in [-0.1, -0.05) is 32.0 Å². The SMILES string of the molecule is CC(=O)OCCN1c2ccccc2C(C)(C)C1C. The van der Waals surface area contributed by atoms with Crippen LogP contribution in [0.5, 0.6) is 0 Å². The Labute approximate surface area is 109 Å². The van der Waals surface area contributed by atoms with Gasteiger partial charge in [0.15, 0.2) is 0 Å². The standard InChI is InChI=1S/C15H21NO2/c1-11-15(3,4)13-7-5-6-8-14(13)16(11)9-10-18-12(2)17/h5-8,11H,9-10H2,1-4H3. The Bertz CT molecular complexity index is 454. The monoisotopic (exact) mass is 247 g/mol. The van der Waals surface area contributed by atoms with Crippen LogP contribution in [0.2, 0.25) is 0 Å². The summed E-state index contributed by atoms with van der Waals surface area (Å²) in [5.41, 5.74) is 2.77. The minimum Gasteiger partial charge on any atom is -0.464 e. The van der Waals surface area contributed by atoms with Gasteiger partial charge in [-0.25, -0.2) is 0 Å². The molecule has 1 heterocycles. The van der Waals surface area contributed by atoms with E-state index in [1.54, 1.807) is 0 Å². The van der Waals surface area contributed by atoms with Crippen molar-refractivity contribution in [2.24, 2.45) is 0 Å². The lowest BCUT2D eigenvalue weighted by Crippen LogP contribution is -2.40. The molecule has 0 radical (unpaired) electrons. The summed E-state index contributed by atoms with van der Waals surface area (Å²) in [5, 5.41) is 0. The van der Waals surface area contributed by atoms with Gasteiger partial charge in [0.2, 0.25) is 0 Å². The van der Waals surface area contributed by atoms with E-state index >= 15 is 0 Å². The fourth-order valence-electron chi connectivity index (χ4n) is 2.69. The highest BCUT2D eigenvalue weighted by Crippen LogP contribution is 2.44. The zero-order valence-corrected chi connectivity index (χ0v) is 11.6. The Kier molecular flexibility index (Phi) is 3.33. The number of ether oxygens (including phenoxy) is 1. The van der Waals surface area contributed by atoms with Crippen LogP contribution in [-0.4, -0.2) is 25.2 Å². The zero-order chi connectivity index (χ0) is 13.3. The number of benzene rings is 1. The largest absolute Gasteiger partial charge is 0.464 e. The molecule has 0 amide bonds. The van der Waals surface area contributed by atoms with Crippen molar-refractivity contribution in [2.45, 2.75) is 39.2 Å². The van der Waals surface area contributed by atoms with E-state index in [1.165, 1.54) is 18.2 Å². The van der Waals surface area contributed by atoms with Gasteiger partial charge >= 0.3 is 5.97 Å². The van der Waals surface area contributed by atoms with Crippen molar-refractivity contribution in [2.75, 3.05) is 18.1 Å². The molecule has 0 spiro atoms. The minimum atomic E-state index is -0.214. The van der Waals surface area contributed by atoms with Crippen molar-refractivity contribution >= 4 is 11.7 Å². The molecule has 3 nitrogen and oxygen atoms in total. The number of anilines is 1. The summed E-state index contributed by atoms with van der Waals surface area (Å²) in [7, 11) is 0. The number of hydrogen-bond donors (Lipinski definition) is 0. The summed E-state index contributed by atoms with van der Waals surface area (Å²) >= 11 is 0. The molecule has 1 aromatic carbocycles. The third-order valence-electron chi connectivity index (χ3n) is 4.06. The van der Waals surface area contributed by atoms with Crippen LogP contribution in [0.15, 0.2) is 24.3 Å². The van der Waals surface area contributed by atoms with E-state index in [2.05, 4.69) is 49.9 Å². The Hall–Kier alpha value is -1.51. The summed E-state index contributed by atoms with van der Waals surface area (Å²) in [5.74, 6) is -0.214. The van der Waals surface area contributed by atoms with Gasteiger partial charge in [0, 0.05) is 24.1 Å². The summed E-state index contributed by atoms with van der Waals surface area (Å²) in [6, 6.07) is 8.89. The van der Waals surface area contributed by atoms with Crippen LogP contribution in [-0.2, 0) is 14.9 Å². The van der Waals surface area contributed by atoms with Crippen molar-refractivity contribution in [3.05, 3.63) is 29.8 Å². The number of rotatable bonds is 3. The van der Waals surface area contributed by atoms with Crippen molar-refractivity contribution < 1.29 is 9.53 Å². The van der Waals surface area contributed by atoms with E-state index in [1.807, 2.05) is 0 Å². The third-order valence-corrected chi connectivity index (χ3v) is 4.06. The Balaban J connectivity index is 2.19. The third kappa shape index (κ3) is 2.09. The number of fused-ring (bicyclic) bond motifs is 1. The lowest BCUT2D eigenvalue weighted by Gasteiger charge is -2.31. The Morgan fingerprint density at radius 3 is 2.72 bits per heavy atom. The number of esters is 1. The quantitative estimate of drug-likeness (QED) is 0.769. The van der Waals surface area contributed by atoms with E-state index in [0.717, 1.165) is 6.54 Å². The summed E-state index contributed by atoms with van der Waals surface area (Å²) < 4.78 is 5.05. The fourth-order valence-corrected chi connectivity index (χ4v) is 2.69. The second-order valence-electron chi connectivity index (χ2n) is 5.45. The smallest absolute Gasteiger partial charge is 0.302 e. The first-order valence-corrected chi connectivity index (χ1v) is 6.44.